The number of carbonyl (C=O) groups is 6. The molecule has 6 amide bonds. The summed E-state index contributed by atoms with van der Waals surface area (Å²) in [7, 11) is 3.51. The second-order valence-corrected chi connectivity index (χ2v) is 9.41. The fourth-order valence-electron chi connectivity index (χ4n) is 6.44. The molecule has 1 saturated carbocycles. The highest BCUT2D eigenvalue weighted by molar-refractivity contribution is 6.17. The number of carbonyl (C=O) groups excluding carboxylic acids is 6. The quantitative estimate of drug-likeness (QED) is 0.456. The molecule has 5 rings (SSSR count). The normalized spacial score (nSPS) is 30.4. The molecule has 0 bridgehead atoms. The zero-order chi connectivity index (χ0) is 26.8. The lowest BCUT2D eigenvalue weighted by Gasteiger charge is -2.44. The van der Waals surface area contributed by atoms with Gasteiger partial charge in [0.05, 0.1) is 45.0 Å². The molecule has 2 aliphatic heterocycles. The van der Waals surface area contributed by atoms with Crippen LogP contribution in [0.25, 0.3) is 0 Å². The topological polar surface area (TPSA) is 157 Å². The third-order valence-corrected chi connectivity index (χ3v) is 7.91. The van der Waals surface area contributed by atoms with Gasteiger partial charge in [0.1, 0.15) is 11.5 Å². The van der Waals surface area contributed by atoms with Gasteiger partial charge in [-0.1, -0.05) is 17.7 Å². The van der Waals surface area contributed by atoms with E-state index in [9.17, 15) is 33.9 Å². The minimum Gasteiger partial charge on any atom is -0.508 e. The number of amides is 6. The molecule has 6 atom stereocenters. The van der Waals surface area contributed by atoms with Crippen LogP contribution in [-0.4, -0.2) is 72.1 Å². The van der Waals surface area contributed by atoms with Crippen LogP contribution in [0.4, 0.5) is 9.59 Å². The number of allylic oxidation sites excluding steroid dienone is 2. The van der Waals surface area contributed by atoms with Crippen LogP contribution in [-0.2, 0) is 28.7 Å². The van der Waals surface area contributed by atoms with Crippen molar-refractivity contribution in [2.75, 3.05) is 21.3 Å². The SMILES string of the molecule is COC(=O)N1C(=O)C2CC=C3C(CC4C(=O)N(C(=O)OC)C(=O)C4C3c3ccc(O)cc3OC)C2C1=O. The number of fused-ring (bicyclic) bond motifs is 4. The summed E-state index contributed by atoms with van der Waals surface area (Å²) in [6.07, 6.45) is -0.282. The molecule has 12 heteroatoms. The molecule has 2 saturated heterocycles. The van der Waals surface area contributed by atoms with Gasteiger partial charge < -0.3 is 19.3 Å². The van der Waals surface area contributed by atoms with Gasteiger partial charge in [-0.15, -0.1) is 0 Å². The molecule has 1 N–H and O–H groups in total. The van der Waals surface area contributed by atoms with E-state index in [1.807, 2.05) is 0 Å². The maximum Gasteiger partial charge on any atom is 0.423 e. The van der Waals surface area contributed by atoms with Crippen molar-refractivity contribution in [1.29, 1.82) is 0 Å². The van der Waals surface area contributed by atoms with Crippen molar-refractivity contribution >= 4 is 35.8 Å². The average molecular weight is 512 g/mol. The Balaban J connectivity index is 1.67. The number of benzene rings is 1. The molecule has 3 fully saturated rings. The van der Waals surface area contributed by atoms with Gasteiger partial charge in [0.2, 0.25) is 23.6 Å². The molecular weight excluding hydrogens is 488 g/mol. The van der Waals surface area contributed by atoms with Gasteiger partial charge in [-0.25, -0.2) is 9.59 Å². The highest BCUT2D eigenvalue weighted by atomic mass is 16.5. The van der Waals surface area contributed by atoms with Crippen LogP contribution in [0.15, 0.2) is 29.8 Å². The number of methoxy groups -OCH3 is 3. The summed E-state index contributed by atoms with van der Waals surface area (Å²) < 4.78 is 14.8. The summed E-state index contributed by atoms with van der Waals surface area (Å²) in [6, 6.07) is 4.33. The van der Waals surface area contributed by atoms with E-state index in [1.54, 1.807) is 12.1 Å². The molecule has 37 heavy (non-hydrogen) atoms. The molecule has 1 aromatic carbocycles. The van der Waals surface area contributed by atoms with E-state index in [1.165, 1.54) is 19.2 Å². The van der Waals surface area contributed by atoms with Crippen LogP contribution in [0.2, 0.25) is 0 Å². The number of aromatic hydroxyl groups is 1. The van der Waals surface area contributed by atoms with Crippen molar-refractivity contribution < 1.29 is 48.1 Å². The number of rotatable bonds is 2. The van der Waals surface area contributed by atoms with Crippen molar-refractivity contribution in [2.24, 2.45) is 29.6 Å². The first kappa shape index (κ1) is 24.5. The average Bonchev–Trinajstić information content (AvgIpc) is 3.30. The minimum absolute atomic E-state index is 0.0145. The molecule has 2 aliphatic carbocycles. The van der Waals surface area contributed by atoms with E-state index in [4.69, 9.17) is 4.74 Å². The Bertz CT molecular complexity index is 1290. The van der Waals surface area contributed by atoms with E-state index in [-0.39, 0.29) is 24.3 Å². The molecule has 1 aromatic rings. The van der Waals surface area contributed by atoms with Gasteiger partial charge in [0.15, 0.2) is 0 Å². The molecule has 0 spiro atoms. The van der Waals surface area contributed by atoms with Crippen LogP contribution in [0.5, 0.6) is 11.5 Å². The highest BCUT2D eigenvalue weighted by Crippen LogP contribution is 2.59. The zero-order valence-electron chi connectivity index (χ0n) is 20.2. The smallest absolute Gasteiger partial charge is 0.423 e. The predicted molar refractivity (Wildman–Crippen MR) is 121 cm³/mol. The number of phenolic OH excluding ortho intramolecular Hbond substituents is 1. The van der Waals surface area contributed by atoms with E-state index in [2.05, 4.69) is 9.47 Å². The predicted octanol–water partition coefficient (Wildman–Crippen LogP) is 1.57. The lowest BCUT2D eigenvalue weighted by Crippen LogP contribution is -2.43. The molecular formula is C25H24N2O10. The molecule has 12 nitrogen and oxygen atoms in total. The summed E-state index contributed by atoms with van der Waals surface area (Å²) >= 11 is 0. The van der Waals surface area contributed by atoms with Gasteiger partial charge >= 0.3 is 12.2 Å². The Morgan fingerprint density at radius 3 is 2.03 bits per heavy atom. The number of likely N-dealkylation sites (tertiary alicyclic amines) is 2. The van der Waals surface area contributed by atoms with Gasteiger partial charge in [-0.3, -0.25) is 19.2 Å². The molecule has 0 aromatic heterocycles. The molecule has 194 valence electrons. The first-order valence-corrected chi connectivity index (χ1v) is 11.6. The van der Waals surface area contributed by atoms with E-state index >= 15 is 0 Å². The van der Waals surface area contributed by atoms with E-state index < -0.39 is 71.3 Å². The Morgan fingerprint density at radius 2 is 1.43 bits per heavy atom. The van der Waals surface area contributed by atoms with E-state index in [0.29, 0.717) is 20.9 Å². The lowest BCUT2D eigenvalue weighted by molar-refractivity contribution is -0.139. The summed E-state index contributed by atoms with van der Waals surface area (Å²) in [6.45, 7) is 0. The van der Waals surface area contributed by atoms with Gasteiger partial charge in [-0.05, 0) is 24.8 Å². The molecule has 6 unspecified atom stereocenters. The molecule has 2 heterocycles. The second kappa shape index (κ2) is 8.71. The summed E-state index contributed by atoms with van der Waals surface area (Å²) in [5.74, 6) is -8.01. The standard InChI is InChI=1S/C25H24N2O10/c1-35-16-8-10(28)4-5-12(16)17-11-6-7-13-18(22(31)26(20(13)29)24(33)36-2)14(11)9-15-19(17)23(32)27(21(15)30)25(34)37-3/h4-6,8,13-15,17-19,28H,7,9H2,1-3H3. The van der Waals surface area contributed by atoms with Crippen LogP contribution in [0.1, 0.15) is 24.3 Å². The Morgan fingerprint density at radius 1 is 0.838 bits per heavy atom. The largest absolute Gasteiger partial charge is 0.508 e. The number of hydrogen-bond acceptors (Lipinski definition) is 10. The maximum absolute atomic E-state index is 13.5. The Hall–Kier alpha value is -4.22. The van der Waals surface area contributed by atoms with Gasteiger partial charge in [-0.2, -0.15) is 9.80 Å². The third-order valence-electron chi connectivity index (χ3n) is 7.91. The number of phenols is 1. The van der Waals surface area contributed by atoms with Crippen molar-refractivity contribution in [3.8, 4) is 11.5 Å². The third kappa shape index (κ3) is 3.35. The second-order valence-electron chi connectivity index (χ2n) is 9.41. The van der Waals surface area contributed by atoms with Crippen molar-refractivity contribution in [1.82, 2.24) is 9.80 Å². The number of imide groups is 6. The number of hydrogen-bond donors (Lipinski definition) is 1. The first-order chi connectivity index (χ1) is 17.7. The van der Waals surface area contributed by atoms with Crippen LogP contribution < -0.4 is 4.74 Å². The van der Waals surface area contributed by atoms with Crippen LogP contribution >= 0.6 is 0 Å². The maximum atomic E-state index is 13.5. The van der Waals surface area contributed by atoms with Crippen molar-refractivity contribution in [3.05, 3.63) is 35.4 Å². The minimum atomic E-state index is -1.11. The summed E-state index contributed by atoms with van der Waals surface area (Å²) in [5, 5.41) is 10.0. The van der Waals surface area contributed by atoms with Gasteiger partial charge in [0.25, 0.3) is 0 Å². The molecule has 0 radical (unpaired) electrons. The monoisotopic (exact) mass is 512 g/mol. The fourth-order valence-corrected chi connectivity index (χ4v) is 6.44. The van der Waals surface area contributed by atoms with Crippen LogP contribution in [0, 0.1) is 29.6 Å². The van der Waals surface area contributed by atoms with E-state index in [0.717, 1.165) is 14.2 Å². The zero-order valence-corrected chi connectivity index (χ0v) is 20.2. The first-order valence-electron chi connectivity index (χ1n) is 11.6. The summed E-state index contributed by atoms with van der Waals surface area (Å²) in [5.41, 5.74) is 1.10. The van der Waals surface area contributed by atoms with Crippen LogP contribution in [0.3, 0.4) is 0 Å². The number of ether oxygens (including phenoxy) is 3. The Kier molecular flexibility index (Phi) is 5.76. The lowest BCUT2D eigenvalue weighted by atomic mass is 9.57. The fraction of sp³-hybridized carbons (Fsp3) is 0.440. The van der Waals surface area contributed by atoms with Crippen molar-refractivity contribution in [2.45, 2.75) is 18.8 Å². The van der Waals surface area contributed by atoms with Crippen molar-refractivity contribution in [3.63, 3.8) is 0 Å². The molecule has 4 aliphatic rings. The highest BCUT2D eigenvalue weighted by Gasteiger charge is 2.64. The summed E-state index contributed by atoms with van der Waals surface area (Å²) in [4.78, 5) is 78.7. The Labute approximate surface area is 210 Å². The number of nitrogens with zero attached hydrogens (tertiary/aromatic N) is 2. The van der Waals surface area contributed by atoms with Gasteiger partial charge in [0, 0.05) is 17.5 Å².